The first-order valence-corrected chi connectivity index (χ1v) is 5.70. The van der Waals surface area contributed by atoms with E-state index in [4.69, 9.17) is 5.73 Å². The van der Waals surface area contributed by atoms with E-state index in [1.165, 1.54) is 11.3 Å². The summed E-state index contributed by atoms with van der Waals surface area (Å²) >= 11 is 0. The first kappa shape index (κ1) is 12.1. The number of rotatable bonds is 5. The van der Waals surface area contributed by atoms with E-state index in [2.05, 4.69) is 50.1 Å². The fourth-order valence-electron chi connectivity index (χ4n) is 1.66. The molecular weight excluding hydrogens is 184 g/mol. The highest BCUT2D eigenvalue weighted by molar-refractivity contribution is 5.47. The molecule has 0 bridgehead atoms. The molecule has 0 aliphatic rings. The summed E-state index contributed by atoms with van der Waals surface area (Å²) in [7, 11) is 2.13. The van der Waals surface area contributed by atoms with Crippen molar-refractivity contribution in [3.05, 3.63) is 29.8 Å². The van der Waals surface area contributed by atoms with Gasteiger partial charge in [-0.2, -0.15) is 0 Å². The third-order valence-electron chi connectivity index (χ3n) is 3.00. The number of nitrogens with zero attached hydrogens (tertiary/aromatic N) is 1. The summed E-state index contributed by atoms with van der Waals surface area (Å²) in [5, 5.41) is 0. The van der Waals surface area contributed by atoms with Gasteiger partial charge >= 0.3 is 0 Å². The molecule has 0 fully saturated rings. The van der Waals surface area contributed by atoms with Crippen molar-refractivity contribution in [2.24, 2.45) is 5.73 Å². The molecule has 0 aliphatic carbocycles. The average Bonchev–Trinajstić information content (AvgIpc) is 2.28. The number of nitrogens with two attached hydrogens (primary N) is 1. The largest absolute Gasteiger partial charge is 0.372 e. The van der Waals surface area contributed by atoms with Gasteiger partial charge in [0.05, 0.1) is 0 Å². The molecular formula is C13H22N2. The second kappa shape index (κ2) is 5.76. The Hall–Kier alpha value is -1.02. The van der Waals surface area contributed by atoms with Crippen molar-refractivity contribution in [2.75, 3.05) is 18.5 Å². The van der Waals surface area contributed by atoms with Gasteiger partial charge in [0.15, 0.2) is 0 Å². The second-order valence-corrected chi connectivity index (χ2v) is 4.06. The maximum Gasteiger partial charge on any atom is 0.0366 e. The molecule has 1 rings (SSSR count). The van der Waals surface area contributed by atoms with Crippen LogP contribution >= 0.6 is 0 Å². The van der Waals surface area contributed by atoms with Crippen molar-refractivity contribution in [3.8, 4) is 0 Å². The van der Waals surface area contributed by atoms with Crippen molar-refractivity contribution in [1.29, 1.82) is 0 Å². The van der Waals surface area contributed by atoms with Crippen molar-refractivity contribution in [1.82, 2.24) is 0 Å². The molecule has 0 spiro atoms. The first-order valence-electron chi connectivity index (χ1n) is 5.70. The average molecular weight is 206 g/mol. The molecule has 0 saturated heterocycles. The van der Waals surface area contributed by atoms with Crippen LogP contribution in [0.5, 0.6) is 0 Å². The molecule has 0 saturated carbocycles. The monoisotopic (exact) mass is 206 g/mol. The van der Waals surface area contributed by atoms with Crippen LogP contribution in [0.1, 0.15) is 25.8 Å². The Morgan fingerprint density at radius 3 is 2.33 bits per heavy atom. The molecule has 1 aromatic carbocycles. The number of anilines is 1. The van der Waals surface area contributed by atoms with Crippen LogP contribution in [0.3, 0.4) is 0 Å². The molecule has 1 aromatic rings. The van der Waals surface area contributed by atoms with Gasteiger partial charge in [-0.15, -0.1) is 0 Å². The van der Waals surface area contributed by atoms with Crippen LogP contribution in [-0.4, -0.2) is 19.6 Å². The van der Waals surface area contributed by atoms with Crippen LogP contribution in [0.15, 0.2) is 24.3 Å². The molecule has 0 amide bonds. The first-order chi connectivity index (χ1) is 7.19. The zero-order chi connectivity index (χ0) is 11.3. The van der Waals surface area contributed by atoms with E-state index in [0.717, 1.165) is 19.4 Å². The van der Waals surface area contributed by atoms with Gasteiger partial charge in [0.2, 0.25) is 0 Å². The van der Waals surface area contributed by atoms with Crippen LogP contribution < -0.4 is 10.6 Å². The van der Waals surface area contributed by atoms with Crippen LogP contribution in [0, 0.1) is 0 Å². The maximum absolute atomic E-state index is 5.56. The van der Waals surface area contributed by atoms with Crippen LogP contribution in [0.25, 0.3) is 0 Å². The van der Waals surface area contributed by atoms with E-state index >= 15 is 0 Å². The summed E-state index contributed by atoms with van der Waals surface area (Å²) in [6.07, 6.45) is 2.13. The van der Waals surface area contributed by atoms with Gasteiger partial charge in [0.1, 0.15) is 0 Å². The molecule has 1 atom stereocenters. The van der Waals surface area contributed by atoms with E-state index in [1.807, 2.05) is 0 Å². The highest BCUT2D eigenvalue weighted by Gasteiger charge is 2.08. The van der Waals surface area contributed by atoms with E-state index in [1.54, 1.807) is 0 Å². The van der Waals surface area contributed by atoms with Crippen molar-refractivity contribution < 1.29 is 0 Å². The molecule has 0 radical (unpaired) electrons. The molecule has 0 aliphatic heterocycles. The standard InChI is InChI=1S/C13H22N2/c1-4-12-5-7-13(8-6-12)15(3)11(2)9-10-14/h5-8,11H,4,9-10,14H2,1-3H3. The molecule has 84 valence electrons. The molecule has 15 heavy (non-hydrogen) atoms. The van der Waals surface area contributed by atoms with Gasteiger partial charge in [-0.25, -0.2) is 0 Å². The Labute approximate surface area is 93.1 Å². The lowest BCUT2D eigenvalue weighted by atomic mass is 10.1. The fraction of sp³-hybridized carbons (Fsp3) is 0.538. The lowest BCUT2D eigenvalue weighted by Gasteiger charge is -2.26. The van der Waals surface area contributed by atoms with Crippen molar-refractivity contribution >= 4 is 5.69 Å². The smallest absolute Gasteiger partial charge is 0.0366 e. The summed E-state index contributed by atoms with van der Waals surface area (Å²) in [5.41, 5.74) is 8.22. The van der Waals surface area contributed by atoms with E-state index < -0.39 is 0 Å². The zero-order valence-corrected chi connectivity index (χ0v) is 10.0. The summed E-state index contributed by atoms with van der Waals surface area (Å²) in [5.74, 6) is 0. The molecule has 2 nitrogen and oxygen atoms in total. The SMILES string of the molecule is CCc1ccc(N(C)C(C)CCN)cc1. The minimum absolute atomic E-state index is 0.502. The van der Waals surface area contributed by atoms with E-state index in [0.29, 0.717) is 6.04 Å². The molecule has 2 heteroatoms. The van der Waals surface area contributed by atoms with Gasteiger partial charge in [-0.1, -0.05) is 19.1 Å². The third-order valence-corrected chi connectivity index (χ3v) is 3.00. The zero-order valence-electron chi connectivity index (χ0n) is 10.0. The number of aryl methyl sites for hydroxylation is 1. The highest BCUT2D eigenvalue weighted by atomic mass is 15.1. The Bertz CT molecular complexity index is 279. The predicted molar refractivity (Wildman–Crippen MR) is 67.4 cm³/mol. The van der Waals surface area contributed by atoms with Crippen molar-refractivity contribution in [3.63, 3.8) is 0 Å². The Balaban J connectivity index is 2.69. The predicted octanol–water partition coefficient (Wildman–Crippen LogP) is 2.42. The third kappa shape index (κ3) is 3.24. The second-order valence-electron chi connectivity index (χ2n) is 4.06. The number of benzene rings is 1. The lowest BCUT2D eigenvalue weighted by Crippen LogP contribution is -2.30. The van der Waals surface area contributed by atoms with Crippen molar-refractivity contribution in [2.45, 2.75) is 32.7 Å². The minimum atomic E-state index is 0.502. The topological polar surface area (TPSA) is 29.3 Å². The maximum atomic E-state index is 5.56. The molecule has 0 heterocycles. The Morgan fingerprint density at radius 2 is 1.87 bits per heavy atom. The lowest BCUT2D eigenvalue weighted by molar-refractivity contribution is 0.635. The Morgan fingerprint density at radius 1 is 1.27 bits per heavy atom. The summed E-state index contributed by atoms with van der Waals surface area (Å²) in [4.78, 5) is 2.28. The number of hydrogen-bond donors (Lipinski definition) is 1. The van der Waals surface area contributed by atoms with Crippen LogP contribution in [0.2, 0.25) is 0 Å². The minimum Gasteiger partial charge on any atom is -0.372 e. The van der Waals surface area contributed by atoms with E-state index in [-0.39, 0.29) is 0 Å². The normalized spacial score (nSPS) is 12.5. The quantitative estimate of drug-likeness (QED) is 0.801. The van der Waals surface area contributed by atoms with Gasteiger partial charge in [0.25, 0.3) is 0 Å². The van der Waals surface area contributed by atoms with Gasteiger partial charge < -0.3 is 10.6 Å². The molecule has 2 N–H and O–H groups in total. The van der Waals surface area contributed by atoms with Crippen LogP contribution in [-0.2, 0) is 6.42 Å². The summed E-state index contributed by atoms with van der Waals surface area (Å²) in [6.45, 7) is 5.13. The molecule has 1 unspecified atom stereocenters. The summed E-state index contributed by atoms with van der Waals surface area (Å²) in [6, 6.07) is 9.27. The fourth-order valence-corrected chi connectivity index (χ4v) is 1.66. The van der Waals surface area contributed by atoms with Gasteiger partial charge in [-0.05, 0) is 44.0 Å². The van der Waals surface area contributed by atoms with E-state index in [9.17, 15) is 0 Å². The Kier molecular flexibility index (Phi) is 4.63. The van der Waals surface area contributed by atoms with Gasteiger partial charge in [-0.3, -0.25) is 0 Å². The highest BCUT2D eigenvalue weighted by Crippen LogP contribution is 2.17. The van der Waals surface area contributed by atoms with Gasteiger partial charge in [0, 0.05) is 18.8 Å². The number of hydrogen-bond acceptors (Lipinski definition) is 2. The van der Waals surface area contributed by atoms with Crippen LogP contribution in [0.4, 0.5) is 5.69 Å². The summed E-state index contributed by atoms with van der Waals surface area (Å²) < 4.78 is 0. The molecule has 0 aromatic heterocycles.